The van der Waals surface area contributed by atoms with Gasteiger partial charge in [0.15, 0.2) is 12.7 Å². The van der Waals surface area contributed by atoms with Crippen LogP contribution in [0.3, 0.4) is 0 Å². The quantitative estimate of drug-likeness (QED) is 0.832. The van der Waals surface area contributed by atoms with Crippen molar-refractivity contribution in [3.63, 3.8) is 0 Å². The van der Waals surface area contributed by atoms with E-state index in [1.165, 1.54) is 0 Å². The summed E-state index contributed by atoms with van der Waals surface area (Å²) in [5.74, 6) is -1.31. The van der Waals surface area contributed by atoms with Crippen molar-refractivity contribution in [3.8, 4) is 0 Å². The molecule has 0 aliphatic heterocycles. The summed E-state index contributed by atoms with van der Waals surface area (Å²) in [5.41, 5.74) is 3.11. The fourth-order valence-corrected chi connectivity index (χ4v) is 2.13. The molecule has 1 amide bonds. The van der Waals surface area contributed by atoms with Gasteiger partial charge in [0.25, 0.3) is 5.91 Å². The Morgan fingerprint density at radius 3 is 2.48 bits per heavy atom. The van der Waals surface area contributed by atoms with Gasteiger partial charge < -0.3 is 15.2 Å². The molecule has 2 N–H and O–H groups in total. The van der Waals surface area contributed by atoms with E-state index in [-0.39, 0.29) is 0 Å². The average Bonchev–Trinajstić information content (AvgIpc) is 2.55. The third-order valence-corrected chi connectivity index (χ3v) is 3.34. The zero-order valence-electron chi connectivity index (χ0n) is 13.1. The Hall–Kier alpha value is -2.66. The summed E-state index contributed by atoms with van der Waals surface area (Å²) in [6.45, 7) is 3.40. The molecule has 0 spiro atoms. The van der Waals surface area contributed by atoms with E-state index in [1.807, 2.05) is 26.0 Å². The van der Waals surface area contributed by atoms with Crippen molar-refractivity contribution in [1.29, 1.82) is 0 Å². The molecule has 23 heavy (non-hydrogen) atoms. The van der Waals surface area contributed by atoms with Crippen LogP contribution in [-0.4, -0.2) is 23.6 Å². The molecule has 2 aromatic carbocycles. The van der Waals surface area contributed by atoms with Crippen LogP contribution in [-0.2, 0) is 14.3 Å². The fourth-order valence-electron chi connectivity index (χ4n) is 2.13. The first kappa shape index (κ1) is 16.7. The second-order valence-electron chi connectivity index (χ2n) is 5.29. The van der Waals surface area contributed by atoms with Gasteiger partial charge in [-0.05, 0) is 31.0 Å². The largest absolute Gasteiger partial charge is 0.453 e. The number of aliphatic hydroxyl groups is 1. The molecule has 0 bridgehead atoms. The lowest BCUT2D eigenvalue weighted by atomic mass is 10.1. The van der Waals surface area contributed by atoms with Gasteiger partial charge in [0.2, 0.25) is 0 Å². The number of anilines is 1. The molecule has 0 aliphatic rings. The highest BCUT2D eigenvalue weighted by Crippen LogP contribution is 2.16. The number of hydrogen-bond donors (Lipinski definition) is 2. The van der Waals surface area contributed by atoms with E-state index in [0.717, 1.165) is 11.1 Å². The summed E-state index contributed by atoms with van der Waals surface area (Å²) in [6, 6.07) is 14.0. The SMILES string of the molecule is Cc1ccc(NC(=O)COC(=O)[C@H](O)c2ccccc2)c(C)c1. The third kappa shape index (κ3) is 4.66. The van der Waals surface area contributed by atoms with Gasteiger partial charge >= 0.3 is 5.97 Å². The maximum absolute atomic E-state index is 11.8. The highest BCUT2D eigenvalue weighted by Gasteiger charge is 2.19. The van der Waals surface area contributed by atoms with Crippen LogP contribution in [0.5, 0.6) is 0 Å². The lowest BCUT2D eigenvalue weighted by Gasteiger charge is -2.12. The van der Waals surface area contributed by atoms with Crippen LogP contribution >= 0.6 is 0 Å². The van der Waals surface area contributed by atoms with E-state index >= 15 is 0 Å². The van der Waals surface area contributed by atoms with Crippen molar-refractivity contribution in [2.45, 2.75) is 20.0 Å². The molecule has 1 atom stereocenters. The molecule has 0 saturated carbocycles. The second-order valence-corrected chi connectivity index (χ2v) is 5.29. The number of hydrogen-bond acceptors (Lipinski definition) is 4. The van der Waals surface area contributed by atoms with Crippen LogP contribution < -0.4 is 5.32 Å². The van der Waals surface area contributed by atoms with Gasteiger partial charge in [0.05, 0.1) is 0 Å². The molecule has 5 heteroatoms. The Kier molecular flexibility index (Phi) is 5.49. The number of rotatable bonds is 5. The maximum atomic E-state index is 11.8. The van der Waals surface area contributed by atoms with E-state index < -0.39 is 24.6 Å². The Morgan fingerprint density at radius 2 is 1.83 bits per heavy atom. The Bertz CT molecular complexity index is 697. The van der Waals surface area contributed by atoms with E-state index in [2.05, 4.69) is 5.32 Å². The highest BCUT2D eigenvalue weighted by molar-refractivity contribution is 5.93. The highest BCUT2D eigenvalue weighted by atomic mass is 16.5. The number of benzene rings is 2. The summed E-state index contributed by atoms with van der Waals surface area (Å²) in [5, 5.41) is 12.5. The molecule has 0 fully saturated rings. The van der Waals surface area contributed by atoms with Crippen molar-refractivity contribution >= 4 is 17.6 Å². The molecule has 0 heterocycles. The minimum Gasteiger partial charge on any atom is -0.453 e. The molecule has 5 nitrogen and oxygen atoms in total. The summed E-state index contributed by atoms with van der Waals surface area (Å²) < 4.78 is 4.85. The van der Waals surface area contributed by atoms with Gasteiger partial charge in [-0.15, -0.1) is 0 Å². The van der Waals surface area contributed by atoms with Gasteiger partial charge in [0.1, 0.15) is 0 Å². The molecule has 2 aromatic rings. The molecular weight excluding hydrogens is 294 g/mol. The molecule has 0 radical (unpaired) electrons. The Labute approximate surface area is 134 Å². The van der Waals surface area contributed by atoms with Crippen molar-refractivity contribution in [3.05, 3.63) is 65.2 Å². The topological polar surface area (TPSA) is 75.6 Å². The van der Waals surface area contributed by atoms with E-state index in [9.17, 15) is 14.7 Å². The minimum atomic E-state index is -1.40. The number of nitrogens with one attached hydrogen (secondary N) is 1. The maximum Gasteiger partial charge on any atom is 0.340 e. The number of amides is 1. The first-order valence-electron chi connectivity index (χ1n) is 7.24. The second kappa shape index (κ2) is 7.56. The van der Waals surface area contributed by atoms with Gasteiger partial charge in [-0.3, -0.25) is 4.79 Å². The van der Waals surface area contributed by atoms with Crippen molar-refractivity contribution in [2.24, 2.45) is 0 Å². The van der Waals surface area contributed by atoms with E-state index in [0.29, 0.717) is 11.3 Å². The van der Waals surface area contributed by atoms with Crippen LogP contribution in [0, 0.1) is 13.8 Å². The molecule has 0 aromatic heterocycles. The first-order chi connectivity index (χ1) is 11.0. The lowest BCUT2D eigenvalue weighted by molar-refractivity contribution is -0.156. The summed E-state index contributed by atoms with van der Waals surface area (Å²) in [4.78, 5) is 23.6. The number of esters is 1. The van der Waals surface area contributed by atoms with Crippen molar-refractivity contribution < 1.29 is 19.4 Å². The summed E-state index contributed by atoms with van der Waals surface area (Å²) in [7, 11) is 0. The van der Waals surface area contributed by atoms with Crippen LogP contribution in [0.1, 0.15) is 22.8 Å². The van der Waals surface area contributed by atoms with Crippen LogP contribution in [0.2, 0.25) is 0 Å². The molecular formula is C18H19NO4. The Balaban J connectivity index is 1.87. The van der Waals surface area contributed by atoms with E-state index in [1.54, 1.807) is 36.4 Å². The third-order valence-electron chi connectivity index (χ3n) is 3.34. The first-order valence-corrected chi connectivity index (χ1v) is 7.24. The summed E-state index contributed by atoms with van der Waals surface area (Å²) in [6.07, 6.45) is -1.40. The van der Waals surface area contributed by atoms with Gasteiger partial charge in [0, 0.05) is 5.69 Å². The average molecular weight is 313 g/mol. The zero-order valence-corrected chi connectivity index (χ0v) is 13.1. The lowest BCUT2D eigenvalue weighted by Crippen LogP contribution is -2.24. The van der Waals surface area contributed by atoms with Crippen LogP contribution in [0.4, 0.5) is 5.69 Å². The van der Waals surface area contributed by atoms with Crippen molar-refractivity contribution in [2.75, 3.05) is 11.9 Å². The molecule has 2 rings (SSSR count). The number of aliphatic hydroxyl groups excluding tert-OH is 1. The predicted molar refractivity (Wildman–Crippen MR) is 86.9 cm³/mol. The monoisotopic (exact) mass is 313 g/mol. The zero-order chi connectivity index (χ0) is 16.8. The number of carbonyl (C=O) groups is 2. The Morgan fingerprint density at radius 1 is 1.13 bits per heavy atom. The minimum absolute atomic E-state index is 0.423. The number of carbonyl (C=O) groups excluding carboxylic acids is 2. The van der Waals surface area contributed by atoms with Gasteiger partial charge in [-0.1, -0.05) is 48.0 Å². The number of ether oxygens (including phenoxy) is 1. The van der Waals surface area contributed by atoms with Crippen LogP contribution in [0.15, 0.2) is 48.5 Å². The van der Waals surface area contributed by atoms with Gasteiger partial charge in [-0.2, -0.15) is 0 Å². The fraction of sp³-hybridized carbons (Fsp3) is 0.222. The normalized spacial score (nSPS) is 11.6. The van der Waals surface area contributed by atoms with Crippen molar-refractivity contribution in [1.82, 2.24) is 0 Å². The smallest absolute Gasteiger partial charge is 0.340 e. The van der Waals surface area contributed by atoms with Crippen LogP contribution in [0.25, 0.3) is 0 Å². The standard InChI is InChI=1S/C18H19NO4/c1-12-8-9-15(13(2)10-12)19-16(20)11-23-18(22)17(21)14-6-4-3-5-7-14/h3-10,17,21H,11H2,1-2H3,(H,19,20)/t17-/m1/s1. The van der Waals surface area contributed by atoms with Gasteiger partial charge in [-0.25, -0.2) is 4.79 Å². The molecule has 0 saturated heterocycles. The molecule has 0 aliphatic carbocycles. The molecule has 0 unspecified atom stereocenters. The molecule has 120 valence electrons. The predicted octanol–water partition coefficient (Wildman–Crippen LogP) is 2.52. The number of aryl methyl sites for hydroxylation is 2. The summed E-state index contributed by atoms with van der Waals surface area (Å²) >= 11 is 0. The van der Waals surface area contributed by atoms with E-state index in [4.69, 9.17) is 4.74 Å².